The fourth-order valence-corrected chi connectivity index (χ4v) is 4.81. The lowest BCUT2D eigenvalue weighted by atomic mass is 9.88. The summed E-state index contributed by atoms with van der Waals surface area (Å²) in [5.41, 5.74) is 7.96. The first-order valence-electron chi connectivity index (χ1n) is 12.2. The van der Waals surface area contributed by atoms with Crippen LogP contribution in [0.5, 0.6) is 0 Å². The van der Waals surface area contributed by atoms with Crippen LogP contribution in [0.2, 0.25) is 0 Å². The third kappa shape index (κ3) is 5.02. The molecule has 0 aromatic carbocycles. The molecule has 0 bridgehead atoms. The van der Waals surface area contributed by atoms with Crippen molar-refractivity contribution in [2.45, 2.75) is 65.1 Å². The van der Waals surface area contributed by atoms with Crippen LogP contribution in [0, 0.1) is 5.92 Å². The number of nitrogens with two attached hydrogens (primary N) is 1. The summed E-state index contributed by atoms with van der Waals surface area (Å²) < 4.78 is 3.66. The van der Waals surface area contributed by atoms with Crippen molar-refractivity contribution in [2.75, 3.05) is 18.4 Å². The van der Waals surface area contributed by atoms with Gasteiger partial charge in [-0.2, -0.15) is 10.2 Å². The minimum absolute atomic E-state index is 0.0285. The number of nitrogens with zero attached hydrogens (tertiary/aromatic N) is 5. The highest BCUT2D eigenvalue weighted by molar-refractivity contribution is 6.02. The summed E-state index contributed by atoms with van der Waals surface area (Å²) in [6, 6.07) is 2.02. The number of carbonyl (C=O) groups is 2. The minimum atomic E-state index is -1.40. The van der Waals surface area contributed by atoms with Crippen molar-refractivity contribution in [3.63, 3.8) is 0 Å². The van der Waals surface area contributed by atoms with E-state index in [2.05, 4.69) is 29.4 Å². The number of piperidine rings is 1. The first kappa shape index (κ1) is 24.7. The smallest absolute Gasteiger partial charge is 0.253 e. The van der Waals surface area contributed by atoms with E-state index in [9.17, 15) is 14.7 Å². The van der Waals surface area contributed by atoms with E-state index in [1.54, 1.807) is 9.42 Å². The van der Waals surface area contributed by atoms with Crippen molar-refractivity contribution in [2.24, 2.45) is 11.7 Å². The first-order valence-corrected chi connectivity index (χ1v) is 12.2. The van der Waals surface area contributed by atoms with Gasteiger partial charge >= 0.3 is 0 Å². The maximum Gasteiger partial charge on any atom is 0.253 e. The third-order valence-electron chi connectivity index (χ3n) is 6.72. The van der Waals surface area contributed by atoms with Crippen LogP contribution < -0.4 is 11.1 Å². The van der Waals surface area contributed by atoms with Crippen molar-refractivity contribution in [3.8, 4) is 11.1 Å². The summed E-state index contributed by atoms with van der Waals surface area (Å²) in [5.74, 6) is -0.673. The quantitative estimate of drug-likeness (QED) is 0.453. The lowest BCUT2D eigenvalue weighted by Gasteiger charge is -2.41. The Bertz CT molecular complexity index is 1220. The first-order chi connectivity index (χ1) is 16.6. The molecule has 3 aromatic heterocycles. The highest BCUT2D eigenvalue weighted by atomic mass is 16.3. The number of hydrogen-bond acceptors (Lipinski definition) is 6. The minimum Gasteiger partial charge on any atom is -0.381 e. The zero-order valence-corrected chi connectivity index (χ0v) is 20.9. The summed E-state index contributed by atoms with van der Waals surface area (Å²) in [6.07, 6.45) is 9.76. The molecule has 2 atom stereocenters. The Morgan fingerprint density at radius 1 is 1.20 bits per heavy atom. The molecular formula is C25H35N7O3. The van der Waals surface area contributed by atoms with Crippen molar-refractivity contribution in [3.05, 3.63) is 36.4 Å². The summed E-state index contributed by atoms with van der Waals surface area (Å²) >= 11 is 0. The van der Waals surface area contributed by atoms with Crippen LogP contribution in [-0.2, 0) is 11.3 Å². The van der Waals surface area contributed by atoms with Gasteiger partial charge in [0.15, 0.2) is 0 Å². The number of hydrogen-bond donors (Lipinski definition) is 3. The van der Waals surface area contributed by atoms with Gasteiger partial charge in [-0.15, -0.1) is 0 Å². The van der Waals surface area contributed by atoms with Gasteiger partial charge in [-0.25, -0.2) is 4.52 Å². The van der Waals surface area contributed by atoms with E-state index in [1.165, 1.54) is 20.0 Å². The Morgan fingerprint density at radius 3 is 2.63 bits per heavy atom. The van der Waals surface area contributed by atoms with Crippen LogP contribution in [0.25, 0.3) is 16.6 Å². The molecule has 0 aliphatic carbocycles. The standard InChI is InChI=1S/C25H35N7O3/c1-5-8-31-14-18(11-27-31)17-10-21-22(19(23(26)33)12-28-32(21)15-17)29-20-7-9-30(13-16(20)6-2)24(34)25(3,4)35/h10-12,14-16,20,29,35H,5-9,13H2,1-4H3,(H2,26,33)/t16-,20-/m1/s1. The molecule has 1 aliphatic rings. The molecule has 4 heterocycles. The fraction of sp³-hybridized carbons (Fsp3) is 0.520. The maximum atomic E-state index is 12.6. The number of primary amides is 1. The van der Waals surface area contributed by atoms with E-state index in [0.717, 1.165) is 36.0 Å². The number of nitrogens with one attached hydrogen (secondary N) is 1. The SMILES string of the molecule is CCCn1cc(-c2cc3c(N[C@@H]4CCN(C(=O)C(C)(C)O)C[C@H]4CC)c(C(N)=O)cnn3c2)cn1. The summed E-state index contributed by atoms with van der Waals surface area (Å²) in [5, 5.41) is 22.6. The number of rotatable bonds is 8. The number of amides is 2. The van der Waals surface area contributed by atoms with Crippen LogP contribution >= 0.6 is 0 Å². The van der Waals surface area contributed by atoms with Crippen LogP contribution in [0.3, 0.4) is 0 Å². The Balaban J connectivity index is 1.65. The molecule has 1 aliphatic heterocycles. The molecular weight excluding hydrogens is 446 g/mol. The van der Waals surface area contributed by atoms with Crippen molar-refractivity contribution >= 4 is 23.0 Å². The molecule has 1 fully saturated rings. The van der Waals surface area contributed by atoms with Gasteiger partial charge in [0, 0.05) is 49.2 Å². The van der Waals surface area contributed by atoms with Crippen molar-refractivity contribution in [1.29, 1.82) is 0 Å². The molecule has 10 heteroatoms. The van der Waals surface area contributed by atoms with Gasteiger partial charge in [-0.3, -0.25) is 14.3 Å². The Kier molecular flexibility index (Phi) is 6.84. The van der Waals surface area contributed by atoms with Gasteiger partial charge in [0.1, 0.15) is 5.60 Å². The van der Waals surface area contributed by atoms with Gasteiger partial charge in [0.05, 0.1) is 29.2 Å². The topological polar surface area (TPSA) is 131 Å². The number of anilines is 1. The predicted molar refractivity (Wildman–Crippen MR) is 134 cm³/mol. The van der Waals surface area contributed by atoms with Gasteiger partial charge < -0.3 is 21.1 Å². The predicted octanol–water partition coefficient (Wildman–Crippen LogP) is 2.52. The number of aliphatic hydroxyl groups is 1. The van der Waals surface area contributed by atoms with E-state index in [0.29, 0.717) is 30.8 Å². The molecule has 0 unspecified atom stereocenters. The Hall–Kier alpha value is -3.40. The largest absolute Gasteiger partial charge is 0.381 e. The van der Waals surface area contributed by atoms with Gasteiger partial charge in [0.2, 0.25) is 0 Å². The van der Waals surface area contributed by atoms with Crippen molar-refractivity contribution in [1.82, 2.24) is 24.3 Å². The number of aromatic nitrogens is 4. The summed E-state index contributed by atoms with van der Waals surface area (Å²) in [7, 11) is 0. The van der Waals surface area contributed by atoms with Crippen LogP contribution in [0.1, 0.15) is 57.3 Å². The van der Waals surface area contributed by atoms with E-state index in [-0.39, 0.29) is 17.9 Å². The van der Waals surface area contributed by atoms with E-state index < -0.39 is 11.5 Å². The molecule has 0 spiro atoms. The summed E-state index contributed by atoms with van der Waals surface area (Å²) in [6.45, 7) is 9.12. The lowest BCUT2D eigenvalue weighted by Crippen LogP contribution is -2.53. The highest BCUT2D eigenvalue weighted by Crippen LogP contribution is 2.32. The molecule has 0 radical (unpaired) electrons. The molecule has 4 N–H and O–H groups in total. The highest BCUT2D eigenvalue weighted by Gasteiger charge is 2.36. The van der Waals surface area contributed by atoms with Crippen LogP contribution in [-0.4, -0.2) is 65.9 Å². The Labute approximate surface area is 205 Å². The zero-order chi connectivity index (χ0) is 25.3. The van der Waals surface area contributed by atoms with Crippen LogP contribution in [0.15, 0.2) is 30.9 Å². The van der Waals surface area contributed by atoms with Gasteiger partial charge in [-0.05, 0) is 45.1 Å². The monoisotopic (exact) mass is 481 g/mol. The molecule has 3 aromatic rings. The molecule has 1 saturated heterocycles. The third-order valence-corrected chi connectivity index (χ3v) is 6.72. The van der Waals surface area contributed by atoms with Gasteiger partial charge in [-0.1, -0.05) is 13.8 Å². The molecule has 2 amide bonds. The number of aryl methyl sites for hydroxylation is 1. The van der Waals surface area contributed by atoms with E-state index in [1.807, 2.05) is 29.3 Å². The summed E-state index contributed by atoms with van der Waals surface area (Å²) in [4.78, 5) is 26.7. The van der Waals surface area contributed by atoms with Crippen LogP contribution in [0.4, 0.5) is 5.69 Å². The number of fused-ring (bicyclic) bond motifs is 1. The average molecular weight is 482 g/mol. The van der Waals surface area contributed by atoms with Gasteiger partial charge in [0.25, 0.3) is 11.8 Å². The maximum absolute atomic E-state index is 12.6. The second-order valence-corrected chi connectivity index (χ2v) is 9.87. The average Bonchev–Trinajstić information content (AvgIpc) is 3.45. The lowest BCUT2D eigenvalue weighted by molar-refractivity contribution is -0.149. The fourth-order valence-electron chi connectivity index (χ4n) is 4.81. The van der Waals surface area contributed by atoms with E-state index >= 15 is 0 Å². The number of carbonyl (C=O) groups excluding carboxylic acids is 2. The second kappa shape index (κ2) is 9.69. The van der Waals surface area contributed by atoms with Crippen molar-refractivity contribution < 1.29 is 14.7 Å². The molecule has 188 valence electrons. The Morgan fingerprint density at radius 2 is 1.97 bits per heavy atom. The molecule has 35 heavy (non-hydrogen) atoms. The zero-order valence-electron chi connectivity index (χ0n) is 20.9. The molecule has 0 saturated carbocycles. The normalized spacial score (nSPS) is 18.7. The molecule has 10 nitrogen and oxygen atoms in total. The second-order valence-electron chi connectivity index (χ2n) is 9.87. The molecule has 4 rings (SSSR count). The van der Waals surface area contributed by atoms with E-state index in [4.69, 9.17) is 5.73 Å². The number of likely N-dealkylation sites (tertiary alicyclic amines) is 1.